The standard InChI is InChI=1S/C22H24N2O2/c1-14(2)22(26)18-12-24(20-11-6-5-9-17(18)20)13-21(25)23-19-10-7-8-15(3)16(19)4/h5-12,14H,13H2,1-4H3,(H,23,25). The van der Waals surface area contributed by atoms with Gasteiger partial charge in [0, 0.05) is 34.3 Å². The van der Waals surface area contributed by atoms with Crippen molar-refractivity contribution in [1.82, 2.24) is 4.57 Å². The number of amides is 1. The molecule has 1 heterocycles. The van der Waals surface area contributed by atoms with Crippen molar-refractivity contribution >= 4 is 28.3 Å². The number of nitrogens with one attached hydrogen (secondary N) is 1. The molecule has 26 heavy (non-hydrogen) atoms. The maximum Gasteiger partial charge on any atom is 0.244 e. The van der Waals surface area contributed by atoms with Crippen molar-refractivity contribution in [2.24, 2.45) is 5.92 Å². The molecule has 3 aromatic rings. The van der Waals surface area contributed by atoms with E-state index < -0.39 is 0 Å². The Hall–Kier alpha value is -2.88. The molecule has 0 aliphatic carbocycles. The van der Waals surface area contributed by atoms with Gasteiger partial charge in [0.1, 0.15) is 6.54 Å². The van der Waals surface area contributed by atoms with Gasteiger partial charge in [0.25, 0.3) is 0 Å². The lowest BCUT2D eigenvalue weighted by atomic mass is 10.0. The first-order chi connectivity index (χ1) is 12.4. The van der Waals surface area contributed by atoms with Crippen molar-refractivity contribution in [3.8, 4) is 0 Å². The Balaban J connectivity index is 1.90. The molecule has 0 spiro atoms. The van der Waals surface area contributed by atoms with Gasteiger partial charge in [0.05, 0.1) is 0 Å². The molecule has 0 unspecified atom stereocenters. The lowest BCUT2D eigenvalue weighted by Crippen LogP contribution is -2.19. The first-order valence-corrected chi connectivity index (χ1v) is 8.86. The molecule has 0 aliphatic heterocycles. The molecule has 1 N–H and O–H groups in total. The predicted octanol–water partition coefficient (Wildman–Crippen LogP) is 4.74. The van der Waals surface area contributed by atoms with Gasteiger partial charge in [0.15, 0.2) is 5.78 Å². The Morgan fingerprint density at radius 1 is 1.04 bits per heavy atom. The largest absolute Gasteiger partial charge is 0.337 e. The summed E-state index contributed by atoms with van der Waals surface area (Å²) in [4.78, 5) is 25.1. The van der Waals surface area contributed by atoms with E-state index in [9.17, 15) is 9.59 Å². The first kappa shape index (κ1) is 17.9. The molecule has 4 heteroatoms. The highest BCUT2D eigenvalue weighted by Gasteiger charge is 2.18. The second-order valence-electron chi connectivity index (χ2n) is 7.00. The summed E-state index contributed by atoms with van der Waals surface area (Å²) in [6.45, 7) is 7.96. The van der Waals surface area contributed by atoms with E-state index in [0.717, 1.165) is 27.7 Å². The van der Waals surface area contributed by atoms with Crippen LogP contribution in [0.1, 0.15) is 35.3 Å². The van der Waals surface area contributed by atoms with Gasteiger partial charge in [-0.1, -0.05) is 44.2 Å². The smallest absolute Gasteiger partial charge is 0.244 e. The van der Waals surface area contributed by atoms with Gasteiger partial charge in [-0.15, -0.1) is 0 Å². The zero-order valence-corrected chi connectivity index (χ0v) is 15.7. The molecule has 1 amide bonds. The van der Waals surface area contributed by atoms with E-state index in [2.05, 4.69) is 5.32 Å². The molecule has 4 nitrogen and oxygen atoms in total. The maximum atomic E-state index is 12.6. The molecule has 0 fully saturated rings. The fourth-order valence-electron chi connectivity index (χ4n) is 3.12. The average Bonchev–Trinajstić information content (AvgIpc) is 2.97. The highest BCUT2D eigenvalue weighted by atomic mass is 16.2. The molecule has 0 radical (unpaired) electrons. The minimum Gasteiger partial charge on any atom is -0.337 e. The van der Waals surface area contributed by atoms with Crippen molar-refractivity contribution in [3.63, 3.8) is 0 Å². The highest BCUT2D eigenvalue weighted by Crippen LogP contribution is 2.24. The van der Waals surface area contributed by atoms with Gasteiger partial charge in [-0.25, -0.2) is 0 Å². The van der Waals surface area contributed by atoms with Crippen LogP contribution >= 0.6 is 0 Å². The van der Waals surface area contributed by atoms with Gasteiger partial charge in [0.2, 0.25) is 5.91 Å². The number of para-hydroxylation sites is 1. The number of Topliss-reactive ketones (excluding diaryl/α,β-unsaturated/α-hetero) is 1. The Morgan fingerprint density at radius 3 is 2.50 bits per heavy atom. The van der Waals surface area contributed by atoms with E-state index in [4.69, 9.17) is 0 Å². The second-order valence-corrected chi connectivity index (χ2v) is 7.00. The lowest BCUT2D eigenvalue weighted by molar-refractivity contribution is -0.116. The van der Waals surface area contributed by atoms with E-state index >= 15 is 0 Å². The van der Waals surface area contributed by atoms with Crippen molar-refractivity contribution in [3.05, 3.63) is 65.4 Å². The van der Waals surface area contributed by atoms with E-state index in [1.807, 2.05) is 74.7 Å². The topological polar surface area (TPSA) is 51.1 Å². The van der Waals surface area contributed by atoms with Crippen LogP contribution in [0.15, 0.2) is 48.7 Å². The van der Waals surface area contributed by atoms with Crippen LogP contribution in [0.5, 0.6) is 0 Å². The summed E-state index contributed by atoms with van der Waals surface area (Å²) >= 11 is 0. The number of anilines is 1. The Kier molecular flexibility index (Phi) is 4.94. The molecule has 0 bridgehead atoms. The number of benzene rings is 2. The molecule has 1 aromatic heterocycles. The van der Waals surface area contributed by atoms with Crippen LogP contribution < -0.4 is 5.32 Å². The predicted molar refractivity (Wildman–Crippen MR) is 106 cm³/mol. The van der Waals surface area contributed by atoms with Crippen molar-refractivity contribution in [2.45, 2.75) is 34.2 Å². The summed E-state index contributed by atoms with van der Waals surface area (Å²) < 4.78 is 1.85. The van der Waals surface area contributed by atoms with E-state index in [1.165, 1.54) is 0 Å². The summed E-state index contributed by atoms with van der Waals surface area (Å²) in [5.74, 6) is -0.101. The summed E-state index contributed by atoms with van der Waals surface area (Å²) in [5.41, 5.74) is 4.60. The van der Waals surface area contributed by atoms with Crippen LogP contribution in [-0.4, -0.2) is 16.3 Å². The SMILES string of the molecule is Cc1cccc(NC(=O)Cn2cc(C(=O)C(C)C)c3ccccc32)c1C. The number of rotatable bonds is 5. The number of ketones is 1. The third-order valence-electron chi connectivity index (χ3n) is 4.77. The minimum absolute atomic E-state index is 0.0852. The molecule has 0 aliphatic rings. The van der Waals surface area contributed by atoms with Crippen LogP contribution in [0, 0.1) is 19.8 Å². The summed E-state index contributed by atoms with van der Waals surface area (Å²) in [6, 6.07) is 13.6. The van der Waals surface area contributed by atoms with Crippen LogP contribution in [0.4, 0.5) is 5.69 Å². The number of fused-ring (bicyclic) bond motifs is 1. The quantitative estimate of drug-likeness (QED) is 0.677. The zero-order valence-electron chi connectivity index (χ0n) is 15.7. The number of hydrogen-bond acceptors (Lipinski definition) is 2. The first-order valence-electron chi connectivity index (χ1n) is 8.86. The number of aromatic nitrogens is 1. The van der Waals surface area contributed by atoms with Crippen LogP contribution in [0.3, 0.4) is 0 Å². The number of nitrogens with zero attached hydrogens (tertiary/aromatic N) is 1. The molecule has 0 saturated heterocycles. The molecular formula is C22H24N2O2. The highest BCUT2D eigenvalue weighted by molar-refractivity contribution is 6.09. The average molecular weight is 348 g/mol. The van der Waals surface area contributed by atoms with Crippen LogP contribution in [-0.2, 0) is 11.3 Å². The third kappa shape index (κ3) is 3.40. The van der Waals surface area contributed by atoms with Crippen LogP contribution in [0.25, 0.3) is 10.9 Å². The number of carbonyl (C=O) groups excluding carboxylic acids is 2. The fourth-order valence-corrected chi connectivity index (χ4v) is 3.12. The van der Waals surface area contributed by atoms with Gasteiger partial charge >= 0.3 is 0 Å². The third-order valence-corrected chi connectivity index (χ3v) is 4.77. The van der Waals surface area contributed by atoms with Gasteiger partial charge in [-0.05, 0) is 37.1 Å². The van der Waals surface area contributed by atoms with E-state index in [1.54, 1.807) is 6.20 Å². The summed E-state index contributed by atoms with van der Waals surface area (Å²) in [6.07, 6.45) is 1.80. The minimum atomic E-state index is -0.108. The Labute approximate surface area is 153 Å². The number of hydrogen-bond donors (Lipinski definition) is 1. The monoisotopic (exact) mass is 348 g/mol. The number of carbonyl (C=O) groups is 2. The number of aryl methyl sites for hydroxylation is 1. The maximum absolute atomic E-state index is 12.6. The van der Waals surface area contributed by atoms with Gasteiger partial charge in [-0.2, -0.15) is 0 Å². The summed E-state index contributed by atoms with van der Waals surface area (Å²) in [7, 11) is 0. The Morgan fingerprint density at radius 2 is 1.77 bits per heavy atom. The van der Waals surface area contributed by atoms with Crippen LogP contribution in [0.2, 0.25) is 0 Å². The summed E-state index contributed by atoms with van der Waals surface area (Å²) in [5, 5.41) is 3.87. The molecule has 3 rings (SSSR count). The normalized spacial score (nSPS) is 11.1. The van der Waals surface area contributed by atoms with Gasteiger partial charge < -0.3 is 9.88 Å². The molecule has 0 atom stereocenters. The second kappa shape index (κ2) is 7.16. The van der Waals surface area contributed by atoms with Gasteiger partial charge in [-0.3, -0.25) is 9.59 Å². The van der Waals surface area contributed by atoms with Crippen molar-refractivity contribution in [2.75, 3.05) is 5.32 Å². The van der Waals surface area contributed by atoms with E-state index in [-0.39, 0.29) is 24.2 Å². The molecule has 0 saturated carbocycles. The van der Waals surface area contributed by atoms with E-state index in [0.29, 0.717) is 5.56 Å². The lowest BCUT2D eigenvalue weighted by Gasteiger charge is -2.11. The Bertz CT molecular complexity index is 983. The molecular weight excluding hydrogens is 324 g/mol. The molecule has 2 aromatic carbocycles. The zero-order chi connectivity index (χ0) is 18.8. The molecule has 134 valence electrons. The fraction of sp³-hybridized carbons (Fsp3) is 0.273. The van der Waals surface area contributed by atoms with Crippen molar-refractivity contribution in [1.29, 1.82) is 0 Å². The van der Waals surface area contributed by atoms with Crippen molar-refractivity contribution < 1.29 is 9.59 Å².